The lowest BCUT2D eigenvalue weighted by atomic mass is 10.1. The molecule has 1 fully saturated rings. The lowest BCUT2D eigenvalue weighted by Gasteiger charge is -2.24. The fourth-order valence-electron chi connectivity index (χ4n) is 4.03. The summed E-state index contributed by atoms with van der Waals surface area (Å²) in [5.41, 5.74) is 2.45. The number of hydrogen-bond acceptors (Lipinski definition) is 5. The molecule has 1 unspecified atom stereocenters. The first-order valence-electron chi connectivity index (χ1n) is 10.9. The fourth-order valence-corrected chi connectivity index (χ4v) is 4.97. The van der Waals surface area contributed by atoms with Crippen molar-refractivity contribution in [3.05, 3.63) is 70.5 Å². The highest BCUT2D eigenvalue weighted by molar-refractivity contribution is 7.99. The van der Waals surface area contributed by atoms with Crippen LogP contribution >= 0.6 is 23.4 Å². The lowest BCUT2D eigenvalue weighted by Crippen LogP contribution is -2.32. The fraction of sp³-hybridized carbons (Fsp3) is 0.333. The van der Waals surface area contributed by atoms with Gasteiger partial charge in [0.05, 0.1) is 11.8 Å². The summed E-state index contributed by atoms with van der Waals surface area (Å²) >= 11 is 7.23. The molecule has 0 aliphatic carbocycles. The molecule has 0 saturated carbocycles. The van der Waals surface area contributed by atoms with Gasteiger partial charge in [0.2, 0.25) is 5.91 Å². The van der Waals surface area contributed by atoms with E-state index in [1.165, 1.54) is 11.8 Å². The molecule has 9 heteroatoms. The Morgan fingerprint density at radius 1 is 1.18 bits per heavy atom. The summed E-state index contributed by atoms with van der Waals surface area (Å²) in [6.07, 6.45) is 1.77. The number of anilines is 1. The van der Waals surface area contributed by atoms with E-state index in [0.717, 1.165) is 24.2 Å². The van der Waals surface area contributed by atoms with E-state index in [-0.39, 0.29) is 23.6 Å². The van der Waals surface area contributed by atoms with Gasteiger partial charge < -0.3 is 14.8 Å². The number of aromatic nitrogens is 3. The maximum Gasteiger partial charge on any atom is 0.254 e. The molecular weight excluding hydrogens is 458 g/mol. The molecule has 1 saturated heterocycles. The Hall–Kier alpha value is -2.84. The van der Waals surface area contributed by atoms with Crippen LogP contribution in [0.1, 0.15) is 47.6 Å². The van der Waals surface area contributed by atoms with Gasteiger partial charge in [-0.3, -0.25) is 9.59 Å². The van der Waals surface area contributed by atoms with Gasteiger partial charge in [0.25, 0.3) is 5.91 Å². The number of thioether (sulfide) groups is 1. The number of carbonyl (C=O) groups is 2. The van der Waals surface area contributed by atoms with Crippen LogP contribution in [0.15, 0.2) is 53.7 Å². The number of amides is 2. The van der Waals surface area contributed by atoms with Crippen LogP contribution in [0.3, 0.4) is 0 Å². The first-order valence-corrected chi connectivity index (χ1v) is 12.3. The molecule has 7 nitrogen and oxygen atoms in total. The van der Waals surface area contributed by atoms with E-state index in [4.69, 9.17) is 11.6 Å². The van der Waals surface area contributed by atoms with E-state index in [1.54, 1.807) is 24.3 Å². The number of nitrogens with zero attached hydrogens (tertiary/aromatic N) is 4. The molecule has 0 bridgehead atoms. The molecule has 1 aromatic heterocycles. The standard InChI is InChI=1S/C24H26ClN5O2S/c1-3-29-22(20-8-5-13-30(20)23(32)17-7-4-6-16(2)14-17)27-28-24(29)33-15-21(31)26-19-11-9-18(25)10-12-19/h4,6-7,9-12,14,20H,3,5,8,13,15H2,1-2H3,(H,26,31). The number of rotatable bonds is 7. The Labute approximate surface area is 202 Å². The average Bonchev–Trinajstić information content (AvgIpc) is 3.45. The second kappa shape index (κ2) is 10.4. The van der Waals surface area contributed by atoms with Crippen molar-refractivity contribution in [2.24, 2.45) is 0 Å². The number of nitrogens with one attached hydrogen (secondary N) is 1. The molecule has 1 N–H and O–H groups in total. The molecule has 1 aliphatic heterocycles. The largest absolute Gasteiger partial charge is 0.328 e. The summed E-state index contributed by atoms with van der Waals surface area (Å²) in [6.45, 7) is 5.36. The molecule has 0 spiro atoms. The molecule has 1 aliphatic rings. The summed E-state index contributed by atoms with van der Waals surface area (Å²) < 4.78 is 2.01. The van der Waals surface area contributed by atoms with Gasteiger partial charge in [-0.05, 0) is 63.1 Å². The minimum absolute atomic E-state index is 0.0170. The van der Waals surface area contributed by atoms with Crippen molar-refractivity contribution in [1.82, 2.24) is 19.7 Å². The van der Waals surface area contributed by atoms with E-state index < -0.39 is 0 Å². The first kappa shape index (κ1) is 23.3. The van der Waals surface area contributed by atoms with Crippen LogP contribution < -0.4 is 5.32 Å². The van der Waals surface area contributed by atoms with Crippen molar-refractivity contribution in [3.63, 3.8) is 0 Å². The van der Waals surface area contributed by atoms with Crippen LogP contribution in [0, 0.1) is 6.92 Å². The zero-order valence-corrected chi connectivity index (χ0v) is 20.2. The predicted octanol–water partition coefficient (Wildman–Crippen LogP) is 4.97. The van der Waals surface area contributed by atoms with Gasteiger partial charge in [0, 0.05) is 29.4 Å². The molecule has 172 valence electrons. The number of likely N-dealkylation sites (tertiary alicyclic amines) is 1. The summed E-state index contributed by atoms with van der Waals surface area (Å²) in [5.74, 6) is 0.865. The van der Waals surface area contributed by atoms with E-state index in [2.05, 4.69) is 15.5 Å². The summed E-state index contributed by atoms with van der Waals surface area (Å²) in [6, 6.07) is 14.5. The zero-order valence-electron chi connectivity index (χ0n) is 18.6. The normalized spacial score (nSPS) is 15.6. The third-order valence-corrected chi connectivity index (χ3v) is 6.82. The van der Waals surface area contributed by atoms with Gasteiger partial charge in [-0.15, -0.1) is 10.2 Å². The van der Waals surface area contributed by atoms with Gasteiger partial charge in [0.1, 0.15) is 0 Å². The lowest BCUT2D eigenvalue weighted by molar-refractivity contribution is -0.113. The minimum atomic E-state index is -0.133. The highest BCUT2D eigenvalue weighted by Gasteiger charge is 2.34. The number of benzene rings is 2. The molecular formula is C24H26ClN5O2S. The molecule has 33 heavy (non-hydrogen) atoms. The Morgan fingerprint density at radius 2 is 1.97 bits per heavy atom. The van der Waals surface area contributed by atoms with Crippen molar-refractivity contribution in [1.29, 1.82) is 0 Å². The molecule has 2 amide bonds. The third-order valence-electron chi connectivity index (χ3n) is 5.60. The van der Waals surface area contributed by atoms with Crippen LogP contribution in [0.25, 0.3) is 0 Å². The van der Waals surface area contributed by atoms with Gasteiger partial charge in [0.15, 0.2) is 11.0 Å². The predicted molar refractivity (Wildman–Crippen MR) is 131 cm³/mol. The molecule has 1 atom stereocenters. The van der Waals surface area contributed by atoms with Crippen LogP contribution in [-0.4, -0.2) is 43.8 Å². The van der Waals surface area contributed by atoms with E-state index in [0.29, 0.717) is 34.5 Å². The van der Waals surface area contributed by atoms with Gasteiger partial charge >= 0.3 is 0 Å². The monoisotopic (exact) mass is 483 g/mol. The Kier molecular flexibility index (Phi) is 7.35. The highest BCUT2D eigenvalue weighted by atomic mass is 35.5. The third kappa shape index (κ3) is 5.39. The maximum atomic E-state index is 13.2. The van der Waals surface area contributed by atoms with E-state index in [1.807, 2.05) is 47.6 Å². The van der Waals surface area contributed by atoms with Crippen molar-refractivity contribution in [2.75, 3.05) is 17.6 Å². The summed E-state index contributed by atoms with van der Waals surface area (Å²) in [7, 11) is 0. The average molecular weight is 484 g/mol. The number of aryl methyl sites for hydroxylation is 1. The molecule has 0 radical (unpaired) electrons. The summed E-state index contributed by atoms with van der Waals surface area (Å²) in [5, 5.41) is 12.9. The van der Waals surface area contributed by atoms with Crippen LogP contribution in [0.2, 0.25) is 5.02 Å². The van der Waals surface area contributed by atoms with Crippen molar-refractivity contribution < 1.29 is 9.59 Å². The van der Waals surface area contributed by atoms with Crippen molar-refractivity contribution in [3.8, 4) is 0 Å². The quantitative estimate of drug-likeness (QED) is 0.480. The topological polar surface area (TPSA) is 80.1 Å². The molecule has 2 aromatic carbocycles. The van der Waals surface area contributed by atoms with Crippen molar-refractivity contribution in [2.45, 2.75) is 44.4 Å². The number of hydrogen-bond donors (Lipinski definition) is 1. The van der Waals surface area contributed by atoms with E-state index in [9.17, 15) is 9.59 Å². The number of halogens is 1. The van der Waals surface area contributed by atoms with Gasteiger partial charge in [-0.1, -0.05) is 41.1 Å². The maximum absolute atomic E-state index is 13.2. The van der Waals surface area contributed by atoms with Crippen LogP contribution in [0.5, 0.6) is 0 Å². The van der Waals surface area contributed by atoms with E-state index >= 15 is 0 Å². The SMILES string of the molecule is CCn1c(SCC(=O)Nc2ccc(Cl)cc2)nnc1C1CCCN1C(=O)c1cccc(C)c1. The second-order valence-electron chi connectivity index (χ2n) is 7.95. The Bertz CT molecular complexity index is 1150. The Morgan fingerprint density at radius 3 is 2.70 bits per heavy atom. The zero-order chi connectivity index (χ0) is 23.4. The molecule has 3 aromatic rings. The number of carbonyl (C=O) groups excluding carboxylic acids is 2. The van der Waals surface area contributed by atoms with Crippen LogP contribution in [-0.2, 0) is 11.3 Å². The highest BCUT2D eigenvalue weighted by Crippen LogP contribution is 2.34. The second-order valence-corrected chi connectivity index (χ2v) is 9.33. The van der Waals surface area contributed by atoms with Crippen molar-refractivity contribution >= 4 is 40.9 Å². The molecule has 4 rings (SSSR count). The summed E-state index contributed by atoms with van der Waals surface area (Å²) in [4.78, 5) is 27.5. The molecule has 2 heterocycles. The van der Waals surface area contributed by atoms with Gasteiger partial charge in [-0.2, -0.15) is 0 Å². The smallest absolute Gasteiger partial charge is 0.254 e. The first-order chi connectivity index (χ1) is 16.0. The minimum Gasteiger partial charge on any atom is -0.328 e. The van der Waals surface area contributed by atoms with Gasteiger partial charge in [-0.25, -0.2) is 0 Å². The Balaban J connectivity index is 1.45. The van der Waals surface area contributed by atoms with Crippen LogP contribution in [0.4, 0.5) is 5.69 Å².